The van der Waals surface area contributed by atoms with E-state index < -0.39 is 24.7 Å². The molecular weight excluding hydrogens is 397 g/mol. The largest absolute Gasteiger partial charge is 1.00 e. The molecule has 6 nitrogen and oxygen atoms in total. The number of alkyl halides is 2. The summed E-state index contributed by atoms with van der Waals surface area (Å²) in [6.45, 7) is -2.83. The Morgan fingerprint density at radius 1 is 1.11 bits per heavy atom. The summed E-state index contributed by atoms with van der Waals surface area (Å²) in [6, 6.07) is 12.6. The first kappa shape index (κ1) is 24.5. The van der Waals surface area contributed by atoms with E-state index >= 15 is 0 Å². The van der Waals surface area contributed by atoms with Gasteiger partial charge < -0.3 is 24.9 Å². The van der Waals surface area contributed by atoms with E-state index in [0.717, 1.165) is 4.90 Å². The molecule has 2 aromatic rings. The average Bonchev–Trinajstić information content (AvgIpc) is 2.63. The first-order chi connectivity index (χ1) is 12.9. The number of hydrogen-bond acceptors (Lipinski definition) is 4. The molecule has 1 atom stereocenters. The van der Waals surface area contributed by atoms with Crippen LogP contribution in [0.5, 0.6) is 5.75 Å². The van der Waals surface area contributed by atoms with Gasteiger partial charge in [0.2, 0.25) is 0 Å². The number of likely N-dealkylation sites (N-methyl/N-ethyl adjacent to an activating group) is 1. The van der Waals surface area contributed by atoms with Crippen LogP contribution in [-0.4, -0.2) is 37.1 Å². The van der Waals surface area contributed by atoms with Crippen molar-refractivity contribution < 1.29 is 79.6 Å². The van der Waals surface area contributed by atoms with Crippen LogP contribution in [0.25, 0.3) is 0 Å². The fourth-order valence-electron chi connectivity index (χ4n) is 2.62. The normalized spacial score (nSPS) is 11.3. The van der Waals surface area contributed by atoms with E-state index in [1.54, 1.807) is 48.5 Å². The summed E-state index contributed by atoms with van der Waals surface area (Å²) >= 11 is 0. The van der Waals surface area contributed by atoms with Crippen LogP contribution in [0, 0.1) is 0 Å². The monoisotopic (exact) mass is 416 g/mol. The summed E-state index contributed by atoms with van der Waals surface area (Å²) in [4.78, 5) is 24.8. The van der Waals surface area contributed by atoms with Gasteiger partial charge in [0.15, 0.2) is 0 Å². The zero-order valence-electron chi connectivity index (χ0n) is 15.6. The number of hydrogen-bond donors (Lipinski definition) is 1. The third-order valence-electron chi connectivity index (χ3n) is 3.91. The Morgan fingerprint density at radius 2 is 1.71 bits per heavy atom. The zero-order valence-corrected chi connectivity index (χ0v) is 18.7. The molecule has 0 saturated heterocycles. The Labute approximate surface area is 204 Å². The molecule has 0 aliphatic heterocycles. The van der Waals surface area contributed by atoms with Gasteiger partial charge in [-0.05, 0) is 23.6 Å². The van der Waals surface area contributed by atoms with Crippen LogP contribution in [-0.2, 0) is 11.2 Å². The summed E-state index contributed by atoms with van der Waals surface area (Å²) < 4.78 is 29.3. The van der Waals surface area contributed by atoms with Crippen LogP contribution in [0.1, 0.15) is 17.2 Å². The number of benzene rings is 2. The van der Waals surface area contributed by atoms with Gasteiger partial charge in [0, 0.05) is 13.6 Å². The number of para-hydroxylation sites is 1. The van der Waals surface area contributed by atoms with E-state index in [0.29, 0.717) is 11.1 Å². The van der Waals surface area contributed by atoms with Crippen molar-refractivity contribution in [1.82, 2.24) is 10.2 Å². The number of nitrogens with zero attached hydrogens (tertiary/aromatic N) is 1. The number of aliphatic carboxylic acids is 1. The second kappa shape index (κ2) is 12.1. The van der Waals surface area contributed by atoms with Crippen molar-refractivity contribution in [3.8, 4) is 5.75 Å². The number of carbonyl (C=O) groups is 2. The molecule has 1 unspecified atom stereocenters. The molecule has 0 aliphatic carbocycles. The maximum Gasteiger partial charge on any atom is 1.00 e. The van der Waals surface area contributed by atoms with Crippen LogP contribution in [0.4, 0.5) is 13.6 Å². The smallest absolute Gasteiger partial charge is 0.548 e. The van der Waals surface area contributed by atoms with Crippen molar-refractivity contribution in [2.24, 2.45) is 0 Å². The standard InChI is InChI=1S/C19H20F2N2O4.K/c1-23(16(17(24)25)14-8-3-2-4-9-14)19(26)22-12-11-13-7-5-6-10-15(13)27-18(20)21;/h2-10,16,18H,11-12H2,1H3,(H,22,26)(H,24,25);/q;+1/p-1. The fourth-order valence-corrected chi connectivity index (χ4v) is 2.62. The molecule has 28 heavy (non-hydrogen) atoms. The number of carboxylic acid groups (broad SMARTS) is 1. The second-order valence-electron chi connectivity index (χ2n) is 5.71. The molecule has 0 aromatic heterocycles. The van der Waals surface area contributed by atoms with Gasteiger partial charge in [-0.15, -0.1) is 0 Å². The average molecular weight is 416 g/mol. The number of nitrogens with one attached hydrogen (secondary N) is 1. The molecular formula is C19H19F2KN2O4. The zero-order chi connectivity index (χ0) is 19.8. The van der Waals surface area contributed by atoms with Crippen LogP contribution >= 0.6 is 0 Å². The minimum Gasteiger partial charge on any atom is -0.548 e. The first-order valence-corrected chi connectivity index (χ1v) is 8.19. The van der Waals surface area contributed by atoms with E-state index in [4.69, 9.17) is 0 Å². The van der Waals surface area contributed by atoms with Crippen molar-refractivity contribution in [2.45, 2.75) is 19.1 Å². The molecule has 1 N–H and O–H groups in total. The molecule has 0 fully saturated rings. The number of halogens is 2. The van der Waals surface area contributed by atoms with E-state index in [9.17, 15) is 23.5 Å². The number of rotatable bonds is 8. The van der Waals surface area contributed by atoms with Crippen LogP contribution < -0.4 is 66.5 Å². The van der Waals surface area contributed by atoms with Gasteiger partial charge in [0.25, 0.3) is 0 Å². The van der Waals surface area contributed by atoms with Gasteiger partial charge in [-0.25, -0.2) is 4.79 Å². The van der Waals surface area contributed by atoms with Gasteiger partial charge in [0.1, 0.15) is 5.75 Å². The van der Waals surface area contributed by atoms with Gasteiger partial charge >= 0.3 is 64.0 Å². The Kier molecular flexibility index (Phi) is 10.6. The number of carbonyl (C=O) groups excluding carboxylic acids is 2. The van der Waals surface area contributed by atoms with E-state index in [1.807, 2.05) is 0 Å². The van der Waals surface area contributed by atoms with Crippen molar-refractivity contribution in [1.29, 1.82) is 0 Å². The predicted octanol–water partition coefficient (Wildman–Crippen LogP) is -1.03. The van der Waals surface area contributed by atoms with Gasteiger partial charge in [0.05, 0.1) is 12.0 Å². The topological polar surface area (TPSA) is 81.7 Å². The fraction of sp³-hybridized carbons (Fsp3) is 0.263. The first-order valence-electron chi connectivity index (χ1n) is 8.19. The molecule has 144 valence electrons. The molecule has 2 rings (SSSR count). The molecule has 0 saturated carbocycles. The number of amides is 2. The summed E-state index contributed by atoms with van der Waals surface area (Å²) in [5.74, 6) is -1.37. The van der Waals surface area contributed by atoms with Crippen LogP contribution in [0.2, 0.25) is 0 Å². The molecule has 2 amide bonds. The maximum atomic E-state index is 12.4. The maximum absolute atomic E-state index is 12.4. The number of urea groups is 1. The minimum atomic E-state index is -2.94. The summed E-state index contributed by atoms with van der Waals surface area (Å²) in [7, 11) is 1.34. The van der Waals surface area contributed by atoms with Gasteiger partial charge in [-0.2, -0.15) is 8.78 Å². The van der Waals surface area contributed by atoms with Crippen LogP contribution in [0.15, 0.2) is 54.6 Å². The van der Waals surface area contributed by atoms with Crippen molar-refractivity contribution in [3.05, 3.63) is 65.7 Å². The van der Waals surface area contributed by atoms with Gasteiger partial charge in [-0.3, -0.25) is 0 Å². The summed E-state index contributed by atoms with van der Waals surface area (Å²) in [5.41, 5.74) is 0.908. The summed E-state index contributed by atoms with van der Waals surface area (Å²) in [5, 5.41) is 14.0. The Balaban J connectivity index is 0.00000392. The third kappa shape index (κ3) is 7.14. The van der Waals surface area contributed by atoms with Gasteiger partial charge in [-0.1, -0.05) is 48.5 Å². The molecule has 0 heterocycles. The predicted molar refractivity (Wildman–Crippen MR) is 92.1 cm³/mol. The second-order valence-corrected chi connectivity index (χ2v) is 5.71. The van der Waals surface area contributed by atoms with E-state index in [-0.39, 0.29) is 70.1 Å². The van der Waals surface area contributed by atoms with E-state index in [1.165, 1.54) is 13.1 Å². The molecule has 0 spiro atoms. The van der Waals surface area contributed by atoms with Crippen molar-refractivity contribution in [3.63, 3.8) is 0 Å². The van der Waals surface area contributed by atoms with Crippen molar-refractivity contribution in [2.75, 3.05) is 13.6 Å². The Morgan fingerprint density at radius 3 is 2.32 bits per heavy atom. The Hall–Kier alpha value is -1.52. The number of ether oxygens (including phenoxy) is 1. The third-order valence-corrected chi connectivity index (χ3v) is 3.91. The Bertz CT molecular complexity index is 778. The molecule has 2 aromatic carbocycles. The number of carboxylic acids is 1. The molecule has 0 bridgehead atoms. The summed E-state index contributed by atoms with van der Waals surface area (Å²) in [6.07, 6.45) is 0.240. The van der Waals surface area contributed by atoms with E-state index in [2.05, 4.69) is 10.1 Å². The molecule has 0 aliphatic rings. The molecule has 9 heteroatoms. The quantitative estimate of drug-likeness (QED) is 0.558. The van der Waals surface area contributed by atoms with Crippen LogP contribution in [0.3, 0.4) is 0 Å². The molecule has 0 radical (unpaired) electrons. The van der Waals surface area contributed by atoms with Crippen molar-refractivity contribution >= 4 is 12.0 Å². The SMILES string of the molecule is CN(C(=O)NCCc1ccccc1OC(F)F)C(C(=O)[O-])c1ccccc1.[K+]. The minimum absolute atomic E-state index is 0.